The zero-order valence-electron chi connectivity index (χ0n) is 10.7. The summed E-state index contributed by atoms with van der Waals surface area (Å²) in [5.74, 6) is 5.52. The summed E-state index contributed by atoms with van der Waals surface area (Å²) in [7, 11) is -3.56. The summed E-state index contributed by atoms with van der Waals surface area (Å²) in [6, 6.07) is 2.82. The van der Waals surface area contributed by atoms with Gasteiger partial charge in [0, 0.05) is 25.4 Å². The number of nitrogens with zero attached hydrogens (tertiary/aromatic N) is 2. The average Bonchev–Trinajstić information content (AvgIpc) is 2.38. The van der Waals surface area contributed by atoms with E-state index in [0.717, 1.165) is 0 Å². The summed E-state index contributed by atoms with van der Waals surface area (Å²) in [6.45, 7) is 2.34. The van der Waals surface area contributed by atoms with Gasteiger partial charge in [-0.25, -0.2) is 19.2 Å². The number of anilines is 1. The number of piperidine rings is 1. The average molecular weight is 286 g/mol. The number of hydrogen-bond donors (Lipinski definition) is 3. The van der Waals surface area contributed by atoms with Gasteiger partial charge in [0.1, 0.15) is 5.82 Å². The third kappa shape index (κ3) is 3.03. The molecule has 2 heterocycles. The quantitative estimate of drug-likeness (QED) is 0.529. The second-order valence-electron chi connectivity index (χ2n) is 4.92. The Morgan fingerprint density at radius 2 is 2.11 bits per heavy atom. The Morgan fingerprint density at radius 3 is 2.68 bits per heavy atom. The number of pyridine rings is 1. The maximum absolute atomic E-state index is 12.4. The number of nitrogens with two attached hydrogens (primary N) is 1. The van der Waals surface area contributed by atoms with E-state index in [9.17, 15) is 13.5 Å². The normalized spacial score (nSPS) is 20.2. The molecule has 0 amide bonds. The molecule has 0 radical (unpaired) electrons. The van der Waals surface area contributed by atoms with Crippen LogP contribution in [0.1, 0.15) is 19.8 Å². The van der Waals surface area contributed by atoms with Crippen LogP contribution in [-0.2, 0) is 10.0 Å². The second kappa shape index (κ2) is 5.04. The smallest absolute Gasteiger partial charge is 0.243 e. The number of aliphatic hydroxyl groups is 1. The van der Waals surface area contributed by atoms with Crippen LogP contribution >= 0.6 is 0 Å². The van der Waals surface area contributed by atoms with Gasteiger partial charge in [0.25, 0.3) is 0 Å². The third-order valence-electron chi connectivity index (χ3n) is 3.32. The van der Waals surface area contributed by atoms with Crippen LogP contribution in [0.5, 0.6) is 0 Å². The van der Waals surface area contributed by atoms with Crippen LogP contribution in [0.4, 0.5) is 5.82 Å². The van der Waals surface area contributed by atoms with Crippen molar-refractivity contribution < 1.29 is 13.5 Å². The number of hydrogen-bond acceptors (Lipinski definition) is 6. The molecule has 0 saturated carbocycles. The topological polar surface area (TPSA) is 109 Å². The van der Waals surface area contributed by atoms with Gasteiger partial charge in [0.15, 0.2) is 0 Å². The molecule has 1 aliphatic heterocycles. The van der Waals surface area contributed by atoms with Crippen molar-refractivity contribution in [3.63, 3.8) is 0 Å². The van der Waals surface area contributed by atoms with Crippen LogP contribution in [0.2, 0.25) is 0 Å². The van der Waals surface area contributed by atoms with Crippen molar-refractivity contribution in [2.24, 2.45) is 5.84 Å². The zero-order chi connectivity index (χ0) is 14.1. The molecule has 1 fully saturated rings. The van der Waals surface area contributed by atoms with E-state index in [1.54, 1.807) is 6.92 Å². The Labute approximate surface area is 112 Å². The van der Waals surface area contributed by atoms with E-state index in [0.29, 0.717) is 31.7 Å². The molecule has 0 aliphatic carbocycles. The summed E-state index contributed by atoms with van der Waals surface area (Å²) in [5, 5.41) is 9.85. The molecule has 106 valence electrons. The van der Waals surface area contributed by atoms with E-state index in [2.05, 4.69) is 10.4 Å². The largest absolute Gasteiger partial charge is 0.390 e. The number of nitrogens with one attached hydrogen (secondary N) is 1. The molecule has 0 aromatic carbocycles. The summed E-state index contributed by atoms with van der Waals surface area (Å²) >= 11 is 0. The minimum absolute atomic E-state index is 0.150. The molecular weight excluding hydrogens is 268 g/mol. The number of nitrogen functional groups attached to an aromatic ring is 1. The van der Waals surface area contributed by atoms with Gasteiger partial charge in [-0.1, -0.05) is 0 Å². The standard InChI is InChI=1S/C11H18N4O3S/c1-11(16)3-6-15(7-4-11)19(17,18)9-2-5-13-10(8-9)14-12/h2,5,8,16H,3-4,6-7,12H2,1H3,(H,13,14). The molecule has 0 bridgehead atoms. The van der Waals surface area contributed by atoms with Crippen molar-refractivity contribution in [3.05, 3.63) is 18.3 Å². The highest BCUT2D eigenvalue weighted by molar-refractivity contribution is 7.89. The molecule has 0 spiro atoms. The maximum atomic E-state index is 12.4. The first-order valence-corrected chi connectivity index (χ1v) is 7.44. The molecule has 1 aliphatic rings. The van der Waals surface area contributed by atoms with Crippen LogP contribution in [0, 0.1) is 0 Å². The number of aromatic nitrogens is 1. The Morgan fingerprint density at radius 1 is 1.47 bits per heavy atom. The fraction of sp³-hybridized carbons (Fsp3) is 0.545. The molecule has 1 saturated heterocycles. The lowest BCUT2D eigenvalue weighted by Crippen LogP contribution is -2.45. The monoisotopic (exact) mass is 286 g/mol. The predicted octanol–water partition coefficient (Wildman–Crippen LogP) is -0.0973. The first-order valence-electron chi connectivity index (χ1n) is 6.00. The van der Waals surface area contributed by atoms with Gasteiger partial charge in [-0.3, -0.25) is 0 Å². The molecule has 8 heteroatoms. The Hall–Kier alpha value is -1.22. The van der Waals surface area contributed by atoms with E-state index in [1.807, 2.05) is 0 Å². The van der Waals surface area contributed by atoms with Crippen molar-refractivity contribution in [1.82, 2.24) is 9.29 Å². The first-order chi connectivity index (χ1) is 8.85. The van der Waals surface area contributed by atoms with Gasteiger partial charge < -0.3 is 10.5 Å². The molecule has 1 aromatic rings. The van der Waals surface area contributed by atoms with Crippen molar-refractivity contribution in [2.75, 3.05) is 18.5 Å². The van der Waals surface area contributed by atoms with Gasteiger partial charge in [0.05, 0.1) is 10.5 Å². The van der Waals surface area contributed by atoms with Crippen molar-refractivity contribution in [2.45, 2.75) is 30.3 Å². The number of rotatable bonds is 3. The van der Waals surface area contributed by atoms with E-state index >= 15 is 0 Å². The molecular formula is C11H18N4O3S. The third-order valence-corrected chi connectivity index (χ3v) is 5.21. The van der Waals surface area contributed by atoms with Crippen molar-refractivity contribution in [1.29, 1.82) is 0 Å². The van der Waals surface area contributed by atoms with E-state index in [-0.39, 0.29) is 4.90 Å². The number of sulfonamides is 1. The SMILES string of the molecule is CC1(O)CCN(S(=O)(=O)c2ccnc(NN)c2)CC1. The Kier molecular flexibility index (Phi) is 3.77. The van der Waals surface area contributed by atoms with Crippen LogP contribution < -0.4 is 11.3 Å². The highest BCUT2D eigenvalue weighted by atomic mass is 32.2. The molecule has 1 aromatic heterocycles. The van der Waals surface area contributed by atoms with Crippen LogP contribution in [-0.4, -0.2) is 41.5 Å². The van der Waals surface area contributed by atoms with E-state index in [1.165, 1.54) is 22.6 Å². The summed E-state index contributed by atoms with van der Waals surface area (Å²) in [5.41, 5.74) is 1.54. The fourth-order valence-electron chi connectivity index (χ4n) is 2.01. The summed E-state index contributed by atoms with van der Waals surface area (Å²) in [4.78, 5) is 4.03. The molecule has 2 rings (SSSR count). The highest BCUT2D eigenvalue weighted by Gasteiger charge is 2.34. The lowest BCUT2D eigenvalue weighted by atomic mass is 9.95. The summed E-state index contributed by atoms with van der Waals surface area (Å²) in [6.07, 6.45) is 2.25. The van der Waals surface area contributed by atoms with Gasteiger partial charge in [0.2, 0.25) is 10.0 Å². The minimum Gasteiger partial charge on any atom is -0.390 e. The van der Waals surface area contributed by atoms with Gasteiger partial charge in [-0.2, -0.15) is 4.31 Å². The zero-order valence-corrected chi connectivity index (χ0v) is 11.5. The van der Waals surface area contributed by atoms with E-state index < -0.39 is 15.6 Å². The second-order valence-corrected chi connectivity index (χ2v) is 6.86. The van der Waals surface area contributed by atoms with Gasteiger partial charge in [-0.05, 0) is 25.8 Å². The van der Waals surface area contributed by atoms with Crippen LogP contribution in [0.3, 0.4) is 0 Å². The van der Waals surface area contributed by atoms with Crippen molar-refractivity contribution in [3.8, 4) is 0 Å². The summed E-state index contributed by atoms with van der Waals surface area (Å²) < 4.78 is 26.2. The van der Waals surface area contributed by atoms with Crippen molar-refractivity contribution >= 4 is 15.8 Å². The molecule has 0 atom stereocenters. The Bertz CT molecular complexity index is 549. The Balaban J connectivity index is 2.23. The fourth-order valence-corrected chi connectivity index (χ4v) is 3.46. The van der Waals surface area contributed by atoms with Crippen LogP contribution in [0.25, 0.3) is 0 Å². The highest BCUT2D eigenvalue weighted by Crippen LogP contribution is 2.26. The molecule has 0 unspecified atom stereocenters. The lowest BCUT2D eigenvalue weighted by Gasteiger charge is -2.34. The molecule has 4 N–H and O–H groups in total. The van der Waals surface area contributed by atoms with Gasteiger partial charge in [-0.15, -0.1) is 0 Å². The molecule has 7 nitrogen and oxygen atoms in total. The first kappa shape index (κ1) is 14.2. The van der Waals surface area contributed by atoms with E-state index in [4.69, 9.17) is 5.84 Å². The number of hydrazine groups is 1. The maximum Gasteiger partial charge on any atom is 0.243 e. The lowest BCUT2D eigenvalue weighted by molar-refractivity contribution is 0.0126. The minimum atomic E-state index is -3.56. The van der Waals surface area contributed by atoms with Crippen LogP contribution in [0.15, 0.2) is 23.2 Å². The van der Waals surface area contributed by atoms with Gasteiger partial charge >= 0.3 is 0 Å². The molecule has 19 heavy (non-hydrogen) atoms. The predicted molar refractivity (Wildman–Crippen MR) is 70.7 cm³/mol.